The molecule has 1 rings (SSSR count). The highest BCUT2D eigenvalue weighted by atomic mass is 32.2. The summed E-state index contributed by atoms with van der Waals surface area (Å²) in [5.41, 5.74) is 1.10. The maximum atomic E-state index is 11.2. The summed E-state index contributed by atoms with van der Waals surface area (Å²) >= 11 is 1.70. The molecule has 0 atom stereocenters. The van der Waals surface area contributed by atoms with Gasteiger partial charge in [-0.15, -0.1) is 11.8 Å². The minimum atomic E-state index is 0.0941. The van der Waals surface area contributed by atoms with Gasteiger partial charge >= 0.3 is 0 Å². The van der Waals surface area contributed by atoms with Crippen LogP contribution >= 0.6 is 11.8 Å². The lowest BCUT2D eigenvalue weighted by Gasteiger charge is -2.09. The Hall–Kier alpha value is -1.16. The van der Waals surface area contributed by atoms with Crippen molar-refractivity contribution in [2.24, 2.45) is 0 Å². The second-order valence-corrected chi connectivity index (χ2v) is 4.18. The van der Waals surface area contributed by atoms with Crippen molar-refractivity contribution in [3.8, 4) is 0 Å². The van der Waals surface area contributed by atoms with E-state index in [0.29, 0.717) is 19.5 Å². The fraction of sp³-hybridized carbons (Fsp3) is 0.417. The van der Waals surface area contributed by atoms with Gasteiger partial charge in [-0.25, -0.2) is 0 Å². The highest BCUT2D eigenvalue weighted by Gasteiger charge is 2.01. The molecule has 1 aromatic carbocycles. The zero-order chi connectivity index (χ0) is 11.8. The first-order valence-corrected chi connectivity index (χ1v) is 6.64. The summed E-state index contributed by atoms with van der Waals surface area (Å²) in [7, 11) is 0. The van der Waals surface area contributed by atoms with Crippen LogP contribution in [0.15, 0.2) is 29.2 Å². The number of amides is 1. The van der Waals surface area contributed by atoms with E-state index in [4.69, 9.17) is 0 Å². The van der Waals surface area contributed by atoms with Crippen LogP contribution < -0.4 is 10.6 Å². The molecule has 0 unspecified atom stereocenters. The maximum Gasteiger partial charge on any atom is 0.221 e. The Kier molecular flexibility index (Phi) is 5.78. The molecular weight excluding hydrogens is 220 g/mol. The van der Waals surface area contributed by atoms with E-state index in [-0.39, 0.29) is 5.91 Å². The van der Waals surface area contributed by atoms with Crippen LogP contribution in [0.1, 0.15) is 13.3 Å². The van der Waals surface area contributed by atoms with Crippen LogP contribution in [-0.2, 0) is 4.79 Å². The molecule has 0 spiro atoms. The van der Waals surface area contributed by atoms with E-state index >= 15 is 0 Å². The third-order valence-electron chi connectivity index (χ3n) is 2.15. The predicted molar refractivity (Wildman–Crippen MR) is 70.0 cm³/mol. The summed E-state index contributed by atoms with van der Waals surface area (Å²) in [6.45, 7) is 3.29. The Labute approximate surface area is 101 Å². The number of hydrogen-bond acceptors (Lipinski definition) is 3. The third-order valence-corrected chi connectivity index (χ3v) is 2.94. The van der Waals surface area contributed by atoms with Gasteiger partial charge in [0, 0.05) is 30.1 Å². The summed E-state index contributed by atoms with van der Waals surface area (Å²) in [6, 6.07) is 8.11. The molecule has 0 aromatic heterocycles. The van der Waals surface area contributed by atoms with Gasteiger partial charge in [-0.3, -0.25) is 4.79 Å². The first-order valence-electron chi connectivity index (χ1n) is 5.41. The number of anilines is 1. The van der Waals surface area contributed by atoms with Crippen molar-refractivity contribution in [2.75, 3.05) is 24.7 Å². The molecule has 88 valence electrons. The summed E-state index contributed by atoms with van der Waals surface area (Å²) in [5, 5.41) is 6.05. The number of nitrogens with one attached hydrogen (secondary N) is 2. The monoisotopic (exact) mass is 238 g/mol. The molecule has 0 radical (unpaired) electrons. The number of hydrogen-bond donors (Lipinski definition) is 2. The lowest BCUT2D eigenvalue weighted by molar-refractivity contribution is -0.120. The second-order valence-electron chi connectivity index (χ2n) is 3.33. The van der Waals surface area contributed by atoms with Gasteiger partial charge in [-0.05, 0) is 25.3 Å². The molecule has 2 N–H and O–H groups in total. The average Bonchev–Trinajstić information content (AvgIpc) is 2.30. The van der Waals surface area contributed by atoms with Gasteiger partial charge in [0.1, 0.15) is 0 Å². The summed E-state index contributed by atoms with van der Waals surface area (Å²) < 4.78 is 0. The third kappa shape index (κ3) is 4.14. The Balaban J connectivity index is 2.39. The van der Waals surface area contributed by atoms with E-state index in [9.17, 15) is 4.79 Å². The Morgan fingerprint density at radius 1 is 1.38 bits per heavy atom. The Bertz CT molecular complexity index is 342. The van der Waals surface area contributed by atoms with E-state index in [1.807, 2.05) is 31.4 Å². The van der Waals surface area contributed by atoms with Gasteiger partial charge in [-0.2, -0.15) is 0 Å². The lowest BCUT2D eigenvalue weighted by Crippen LogP contribution is -2.24. The van der Waals surface area contributed by atoms with Crippen LogP contribution in [0.5, 0.6) is 0 Å². The second kappa shape index (κ2) is 7.17. The average molecular weight is 238 g/mol. The Morgan fingerprint density at radius 3 is 2.81 bits per heavy atom. The molecule has 1 amide bonds. The van der Waals surface area contributed by atoms with Crippen molar-refractivity contribution in [1.29, 1.82) is 0 Å². The normalized spacial score (nSPS) is 9.88. The van der Waals surface area contributed by atoms with Gasteiger partial charge in [0.2, 0.25) is 5.91 Å². The van der Waals surface area contributed by atoms with Crippen LogP contribution in [-0.4, -0.2) is 25.3 Å². The molecule has 0 heterocycles. The summed E-state index contributed by atoms with van der Waals surface area (Å²) in [5.74, 6) is 0.0941. The number of para-hydroxylation sites is 1. The quantitative estimate of drug-likeness (QED) is 0.747. The lowest BCUT2D eigenvalue weighted by atomic mass is 10.3. The number of benzene rings is 1. The van der Waals surface area contributed by atoms with Crippen LogP contribution in [0.25, 0.3) is 0 Å². The number of carbonyl (C=O) groups excluding carboxylic acids is 1. The SMILES string of the molecule is CCNC(=O)CCNc1ccccc1SC. The Morgan fingerprint density at radius 2 is 2.12 bits per heavy atom. The van der Waals surface area contributed by atoms with Crippen molar-refractivity contribution in [1.82, 2.24) is 5.32 Å². The van der Waals surface area contributed by atoms with Crippen LogP contribution in [0.2, 0.25) is 0 Å². The number of rotatable bonds is 6. The van der Waals surface area contributed by atoms with Crippen molar-refractivity contribution < 1.29 is 4.79 Å². The first-order chi connectivity index (χ1) is 7.77. The summed E-state index contributed by atoms with van der Waals surface area (Å²) in [6.07, 6.45) is 2.56. The van der Waals surface area contributed by atoms with Gasteiger partial charge in [0.25, 0.3) is 0 Å². The molecule has 0 aliphatic rings. The van der Waals surface area contributed by atoms with Gasteiger partial charge in [-0.1, -0.05) is 12.1 Å². The minimum absolute atomic E-state index is 0.0941. The minimum Gasteiger partial charge on any atom is -0.384 e. The van der Waals surface area contributed by atoms with Gasteiger partial charge < -0.3 is 10.6 Å². The number of carbonyl (C=O) groups is 1. The molecule has 0 saturated heterocycles. The van der Waals surface area contributed by atoms with E-state index in [1.165, 1.54) is 4.90 Å². The molecule has 0 fully saturated rings. The molecule has 0 aliphatic heterocycles. The first kappa shape index (κ1) is 12.9. The molecule has 0 aliphatic carbocycles. The highest BCUT2D eigenvalue weighted by molar-refractivity contribution is 7.98. The summed E-state index contributed by atoms with van der Waals surface area (Å²) in [4.78, 5) is 12.4. The largest absolute Gasteiger partial charge is 0.384 e. The zero-order valence-electron chi connectivity index (χ0n) is 9.75. The molecule has 4 heteroatoms. The number of thioether (sulfide) groups is 1. The molecule has 3 nitrogen and oxygen atoms in total. The van der Waals surface area contributed by atoms with Crippen molar-refractivity contribution in [3.63, 3.8) is 0 Å². The smallest absolute Gasteiger partial charge is 0.221 e. The topological polar surface area (TPSA) is 41.1 Å². The van der Waals surface area contributed by atoms with Crippen LogP contribution in [0.3, 0.4) is 0 Å². The zero-order valence-corrected chi connectivity index (χ0v) is 10.6. The van der Waals surface area contributed by atoms with E-state index in [0.717, 1.165) is 5.69 Å². The van der Waals surface area contributed by atoms with E-state index in [2.05, 4.69) is 16.7 Å². The van der Waals surface area contributed by atoms with Crippen LogP contribution in [0, 0.1) is 0 Å². The van der Waals surface area contributed by atoms with Gasteiger partial charge in [0.15, 0.2) is 0 Å². The van der Waals surface area contributed by atoms with Crippen LogP contribution in [0.4, 0.5) is 5.69 Å². The highest BCUT2D eigenvalue weighted by Crippen LogP contribution is 2.24. The van der Waals surface area contributed by atoms with Crippen molar-refractivity contribution >= 4 is 23.4 Å². The molecule has 1 aromatic rings. The molecule has 16 heavy (non-hydrogen) atoms. The fourth-order valence-electron chi connectivity index (χ4n) is 1.39. The van der Waals surface area contributed by atoms with Crippen molar-refractivity contribution in [3.05, 3.63) is 24.3 Å². The molecule has 0 bridgehead atoms. The maximum absolute atomic E-state index is 11.2. The van der Waals surface area contributed by atoms with Crippen molar-refractivity contribution in [2.45, 2.75) is 18.2 Å². The van der Waals surface area contributed by atoms with E-state index in [1.54, 1.807) is 11.8 Å². The predicted octanol–water partition coefficient (Wildman–Crippen LogP) is 2.35. The standard InChI is InChI=1S/C12H18N2OS/c1-3-13-12(15)8-9-14-10-6-4-5-7-11(10)16-2/h4-7,14H,3,8-9H2,1-2H3,(H,13,15). The fourth-order valence-corrected chi connectivity index (χ4v) is 1.96. The van der Waals surface area contributed by atoms with E-state index < -0.39 is 0 Å². The van der Waals surface area contributed by atoms with Gasteiger partial charge in [0.05, 0.1) is 0 Å². The molecule has 0 saturated carbocycles. The molecular formula is C12H18N2OS.